The van der Waals surface area contributed by atoms with Crippen LogP contribution in [-0.4, -0.2) is 11.6 Å². The van der Waals surface area contributed by atoms with Crippen molar-refractivity contribution in [1.82, 2.24) is 4.98 Å². The van der Waals surface area contributed by atoms with Gasteiger partial charge in [-0.2, -0.15) is 0 Å². The number of thiophene rings is 1. The van der Waals surface area contributed by atoms with E-state index >= 15 is 0 Å². The molecule has 0 spiro atoms. The Balaban J connectivity index is 1.63. The van der Waals surface area contributed by atoms with Gasteiger partial charge in [0.2, 0.25) is 0 Å². The van der Waals surface area contributed by atoms with E-state index < -0.39 is 0 Å². The fourth-order valence-corrected chi connectivity index (χ4v) is 4.43. The smallest absolute Gasteiger partial charge is 0.131 e. The van der Waals surface area contributed by atoms with Crippen molar-refractivity contribution in [2.24, 2.45) is 0 Å². The van der Waals surface area contributed by atoms with Crippen LogP contribution in [0.1, 0.15) is 35.8 Å². The maximum atomic E-state index is 6.22. The lowest BCUT2D eigenvalue weighted by Crippen LogP contribution is -2.09. The third-order valence-corrected chi connectivity index (χ3v) is 5.73. The molecule has 5 heteroatoms. The zero-order valence-electron chi connectivity index (χ0n) is 13.3. The summed E-state index contributed by atoms with van der Waals surface area (Å²) in [5.74, 6) is 0. The number of rotatable bonds is 4. The van der Waals surface area contributed by atoms with Gasteiger partial charge in [0, 0.05) is 24.1 Å². The molecule has 24 heavy (non-hydrogen) atoms. The number of ether oxygens (including phenoxy) is 1. The second kappa shape index (κ2) is 7.09. The number of hydrogen-bond donors (Lipinski definition) is 1. The molecule has 1 atom stereocenters. The first-order chi connectivity index (χ1) is 11.8. The van der Waals surface area contributed by atoms with E-state index in [-0.39, 0.29) is 6.10 Å². The Morgan fingerprint density at radius 3 is 2.88 bits per heavy atom. The standard InChI is InChI=1S/C19H19ClN2OS/c20-18-11-14(21-12-13-6-2-1-3-7-13)19-15(22-18)10-17(24-19)16-8-4-5-9-23-16/h1-3,6-7,10-11,16H,4-5,8-9,12H2,(H,21,22)/t16-/m1/s1. The van der Waals surface area contributed by atoms with Crippen molar-refractivity contribution in [3.8, 4) is 0 Å². The van der Waals surface area contributed by atoms with Crippen molar-refractivity contribution in [3.05, 3.63) is 58.1 Å². The molecule has 3 aromatic rings. The molecular formula is C19H19ClN2OS. The number of anilines is 1. The summed E-state index contributed by atoms with van der Waals surface area (Å²) in [6.07, 6.45) is 3.69. The van der Waals surface area contributed by atoms with Crippen LogP contribution in [0.2, 0.25) is 5.15 Å². The molecule has 2 aromatic heterocycles. The van der Waals surface area contributed by atoms with Crippen LogP contribution in [-0.2, 0) is 11.3 Å². The highest BCUT2D eigenvalue weighted by Gasteiger charge is 2.20. The number of fused-ring (bicyclic) bond motifs is 1. The van der Waals surface area contributed by atoms with E-state index in [1.54, 1.807) is 11.3 Å². The summed E-state index contributed by atoms with van der Waals surface area (Å²) in [5, 5.41) is 4.03. The maximum absolute atomic E-state index is 6.22. The Kier molecular flexibility index (Phi) is 4.69. The monoisotopic (exact) mass is 358 g/mol. The molecule has 0 saturated carbocycles. The third-order valence-electron chi connectivity index (χ3n) is 4.29. The first kappa shape index (κ1) is 15.9. The SMILES string of the molecule is Clc1cc(NCc2ccccc2)c2sc([C@H]3CCCCO3)cc2n1. The van der Waals surface area contributed by atoms with Gasteiger partial charge in [-0.05, 0) is 30.9 Å². The maximum Gasteiger partial charge on any atom is 0.131 e. The van der Waals surface area contributed by atoms with Crippen molar-refractivity contribution in [3.63, 3.8) is 0 Å². The second-order valence-electron chi connectivity index (χ2n) is 6.05. The Bertz CT molecular complexity index is 828. The van der Waals surface area contributed by atoms with E-state index in [1.165, 1.54) is 16.9 Å². The molecule has 3 nitrogen and oxygen atoms in total. The van der Waals surface area contributed by atoms with E-state index in [9.17, 15) is 0 Å². The summed E-state index contributed by atoms with van der Waals surface area (Å²) in [6, 6.07) is 14.4. The summed E-state index contributed by atoms with van der Waals surface area (Å²) in [7, 11) is 0. The molecule has 0 unspecified atom stereocenters. The molecule has 0 bridgehead atoms. The van der Waals surface area contributed by atoms with Gasteiger partial charge in [0.1, 0.15) is 5.15 Å². The van der Waals surface area contributed by atoms with Gasteiger partial charge in [-0.1, -0.05) is 41.9 Å². The summed E-state index contributed by atoms with van der Waals surface area (Å²) in [4.78, 5) is 5.74. The lowest BCUT2D eigenvalue weighted by atomic mass is 10.1. The third kappa shape index (κ3) is 3.41. The zero-order chi connectivity index (χ0) is 16.4. The highest BCUT2D eigenvalue weighted by molar-refractivity contribution is 7.19. The molecule has 4 rings (SSSR count). The van der Waals surface area contributed by atoms with Gasteiger partial charge in [-0.15, -0.1) is 11.3 Å². The molecule has 124 valence electrons. The Morgan fingerprint density at radius 1 is 1.21 bits per heavy atom. The van der Waals surface area contributed by atoms with E-state index in [0.717, 1.165) is 41.9 Å². The van der Waals surface area contributed by atoms with E-state index in [2.05, 4.69) is 40.6 Å². The molecule has 1 fully saturated rings. The summed E-state index contributed by atoms with van der Waals surface area (Å²) >= 11 is 7.99. The van der Waals surface area contributed by atoms with Gasteiger partial charge in [-0.3, -0.25) is 0 Å². The molecule has 1 N–H and O–H groups in total. The minimum atomic E-state index is 0.207. The second-order valence-corrected chi connectivity index (χ2v) is 7.52. The fraction of sp³-hybridized carbons (Fsp3) is 0.316. The highest BCUT2D eigenvalue weighted by Crippen LogP contribution is 2.39. The minimum absolute atomic E-state index is 0.207. The van der Waals surface area contributed by atoms with Gasteiger partial charge < -0.3 is 10.1 Å². The topological polar surface area (TPSA) is 34.1 Å². The molecule has 1 saturated heterocycles. The first-order valence-corrected chi connectivity index (χ1v) is 9.48. The van der Waals surface area contributed by atoms with Crippen molar-refractivity contribution in [2.75, 3.05) is 11.9 Å². The summed E-state index contributed by atoms with van der Waals surface area (Å²) in [6.45, 7) is 1.62. The molecule has 0 amide bonds. The predicted octanol–water partition coefficient (Wildman–Crippen LogP) is 5.80. The minimum Gasteiger partial charge on any atom is -0.380 e. The molecular weight excluding hydrogens is 340 g/mol. The lowest BCUT2D eigenvalue weighted by Gasteiger charge is -2.21. The van der Waals surface area contributed by atoms with Crippen molar-refractivity contribution in [1.29, 1.82) is 0 Å². The molecule has 0 radical (unpaired) electrons. The normalized spacial score (nSPS) is 18.0. The average Bonchev–Trinajstić information content (AvgIpc) is 3.05. The van der Waals surface area contributed by atoms with Gasteiger partial charge in [0.05, 0.1) is 22.0 Å². The van der Waals surface area contributed by atoms with Crippen LogP contribution in [0.4, 0.5) is 5.69 Å². The van der Waals surface area contributed by atoms with Crippen LogP contribution < -0.4 is 5.32 Å². The number of nitrogens with zero attached hydrogens (tertiary/aromatic N) is 1. The number of aromatic nitrogens is 1. The Morgan fingerprint density at radius 2 is 2.08 bits per heavy atom. The van der Waals surface area contributed by atoms with E-state index in [1.807, 2.05) is 12.1 Å². The van der Waals surface area contributed by atoms with Crippen LogP contribution >= 0.6 is 22.9 Å². The predicted molar refractivity (Wildman–Crippen MR) is 101 cm³/mol. The first-order valence-electron chi connectivity index (χ1n) is 8.29. The van der Waals surface area contributed by atoms with Crippen LogP contribution in [0.15, 0.2) is 42.5 Å². The van der Waals surface area contributed by atoms with Crippen LogP contribution in [0, 0.1) is 0 Å². The fourth-order valence-electron chi connectivity index (χ4n) is 3.06. The van der Waals surface area contributed by atoms with Gasteiger partial charge in [-0.25, -0.2) is 4.98 Å². The lowest BCUT2D eigenvalue weighted by molar-refractivity contribution is 0.0172. The van der Waals surface area contributed by atoms with Gasteiger partial charge in [0.15, 0.2) is 0 Å². The van der Waals surface area contributed by atoms with Crippen molar-refractivity contribution in [2.45, 2.75) is 31.9 Å². The summed E-state index contributed by atoms with van der Waals surface area (Å²) < 4.78 is 7.07. The van der Waals surface area contributed by atoms with Gasteiger partial charge >= 0.3 is 0 Å². The number of benzene rings is 1. The summed E-state index contributed by atoms with van der Waals surface area (Å²) in [5.41, 5.74) is 3.24. The number of nitrogens with one attached hydrogen (secondary N) is 1. The number of halogens is 1. The average molecular weight is 359 g/mol. The Labute approximate surface area is 150 Å². The number of hydrogen-bond acceptors (Lipinski definition) is 4. The molecule has 1 aliphatic heterocycles. The van der Waals surface area contributed by atoms with Crippen LogP contribution in [0.3, 0.4) is 0 Å². The molecule has 0 aliphatic carbocycles. The molecule has 1 aliphatic rings. The van der Waals surface area contributed by atoms with E-state index in [0.29, 0.717) is 5.15 Å². The zero-order valence-corrected chi connectivity index (χ0v) is 14.9. The molecule has 1 aromatic carbocycles. The van der Waals surface area contributed by atoms with Crippen LogP contribution in [0.5, 0.6) is 0 Å². The largest absolute Gasteiger partial charge is 0.380 e. The van der Waals surface area contributed by atoms with E-state index in [4.69, 9.17) is 16.3 Å². The Hall–Kier alpha value is -1.62. The van der Waals surface area contributed by atoms with Crippen molar-refractivity contribution >= 4 is 38.8 Å². The van der Waals surface area contributed by atoms with Gasteiger partial charge in [0.25, 0.3) is 0 Å². The highest BCUT2D eigenvalue weighted by atomic mass is 35.5. The van der Waals surface area contributed by atoms with Crippen LogP contribution in [0.25, 0.3) is 10.2 Å². The van der Waals surface area contributed by atoms with Crippen molar-refractivity contribution < 1.29 is 4.74 Å². The molecule has 3 heterocycles. The quantitative estimate of drug-likeness (QED) is 0.598. The number of pyridine rings is 1.